The van der Waals surface area contributed by atoms with Gasteiger partial charge in [0.15, 0.2) is 0 Å². The average molecular weight is 559 g/mol. The second-order valence-electron chi connectivity index (χ2n) is 10.5. The van der Waals surface area contributed by atoms with Crippen LogP contribution in [0.2, 0.25) is 0 Å². The molecule has 216 valence electrons. The van der Waals surface area contributed by atoms with Crippen LogP contribution < -0.4 is 15.0 Å². The molecule has 4 rings (SSSR count). The van der Waals surface area contributed by atoms with Crippen molar-refractivity contribution in [1.29, 1.82) is 0 Å². The number of ether oxygens (including phenoxy) is 2. The van der Waals surface area contributed by atoms with Crippen molar-refractivity contribution in [2.45, 2.75) is 65.5 Å². The molecule has 1 aliphatic rings. The largest absolute Gasteiger partial charge is 0.493 e. The summed E-state index contributed by atoms with van der Waals surface area (Å²) >= 11 is 0. The number of carboxylic acids is 1. The number of anilines is 1. The number of hydrogen-bond acceptors (Lipinski definition) is 5. The van der Waals surface area contributed by atoms with Gasteiger partial charge in [-0.3, -0.25) is 9.59 Å². The van der Waals surface area contributed by atoms with Crippen LogP contribution in [0.3, 0.4) is 0 Å². The van der Waals surface area contributed by atoms with Gasteiger partial charge in [-0.2, -0.15) is 0 Å². The Morgan fingerprint density at radius 2 is 1.83 bits per heavy atom. The van der Waals surface area contributed by atoms with E-state index < -0.39 is 18.1 Å². The molecular weight excluding hydrogens is 520 g/mol. The molecule has 2 N–H and O–H groups in total. The Morgan fingerprint density at radius 1 is 1.05 bits per heavy atom. The quantitative estimate of drug-likeness (QED) is 0.272. The number of alkyl carbamates (subject to hydrolysis) is 1. The van der Waals surface area contributed by atoms with Crippen molar-refractivity contribution >= 4 is 23.7 Å². The van der Waals surface area contributed by atoms with Crippen molar-refractivity contribution in [2.75, 3.05) is 18.1 Å². The highest BCUT2D eigenvalue weighted by Gasteiger charge is 2.24. The van der Waals surface area contributed by atoms with Crippen molar-refractivity contribution in [1.82, 2.24) is 5.32 Å². The maximum absolute atomic E-state index is 13.3. The van der Waals surface area contributed by atoms with E-state index in [0.29, 0.717) is 26.0 Å². The van der Waals surface area contributed by atoms with E-state index in [0.717, 1.165) is 52.1 Å². The third-order valence-electron chi connectivity index (χ3n) is 7.35. The van der Waals surface area contributed by atoms with E-state index in [2.05, 4.69) is 24.4 Å². The van der Waals surface area contributed by atoms with Gasteiger partial charge in [0.05, 0.1) is 13.0 Å². The molecule has 1 atom stereocenters. The van der Waals surface area contributed by atoms with Gasteiger partial charge in [0.25, 0.3) is 0 Å². The van der Waals surface area contributed by atoms with Gasteiger partial charge in [-0.15, -0.1) is 0 Å². The average Bonchev–Trinajstić information content (AvgIpc) is 2.95. The summed E-state index contributed by atoms with van der Waals surface area (Å²) in [6.07, 6.45) is 1.97. The Morgan fingerprint density at radius 3 is 2.63 bits per heavy atom. The van der Waals surface area contributed by atoms with E-state index in [1.54, 1.807) is 6.92 Å². The molecule has 3 aromatic rings. The van der Waals surface area contributed by atoms with Gasteiger partial charge in [0.1, 0.15) is 12.4 Å². The number of carbonyl (C=O) groups is 3. The van der Waals surface area contributed by atoms with Crippen LogP contribution in [-0.2, 0) is 27.4 Å². The zero-order valence-corrected chi connectivity index (χ0v) is 23.9. The molecule has 3 aromatic carbocycles. The van der Waals surface area contributed by atoms with Gasteiger partial charge in [0.2, 0.25) is 5.91 Å². The van der Waals surface area contributed by atoms with Crippen LogP contribution in [0.25, 0.3) is 11.1 Å². The van der Waals surface area contributed by atoms with Crippen LogP contribution >= 0.6 is 0 Å². The van der Waals surface area contributed by atoms with Gasteiger partial charge >= 0.3 is 12.1 Å². The zero-order chi connectivity index (χ0) is 29.4. The number of nitrogens with one attached hydrogen (secondary N) is 1. The second-order valence-corrected chi connectivity index (χ2v) is 10.5. The number of amides is 2. The highest BCUT2D eigenvalue weighted by atomic mass is 16.5. The molecule has 8 heteroatoms. The molecule has 0 radical (unpaired) electrons. The summed E-state index contributed by atoms with van der Waals surface area (Å²) in [6.45, 7) is 6.96. The fourth-order valence-corrected chi connectivity index (χ4v) is 5.11. The number of nitrogens with zero attached hydrogens (tertiary/aromatic N) is 1. The minimum absolute atomic E-state index is 0.0588. The van der Waals surface area contributed by atoms with Gasteiger partial charge < -0.3 is 24.8 Å². The lowest BCUT2D eigenvalue weighted by molar-refractivity contribution is -0.137. The number of hydrogen-bond donors (Lipinski definition) is 2. The number of aliphatic carboxylic acids is 1. The van der Waals surface area contributed by atoms with Crippen molar-refractivity contribution in [3.05, 3.63) is 82.9 Å². The molecule has 0 aliphatic carbocycles. The summed E-state index contributed by atoms with van der Waals surface area (Å²) in [5, 5.41) is 11.4. The SMILES string of the molecule is Cc1cccc(OCCCC(=O)N2CCCc3c(-c4cccc(COC(=O)N[C@H](C)CC(=O)O)c4)cccc32)c1C. The summed E-state index contributed by atoms with van der Waals surface area (Å²) in [6, 6.07) is 19.3. The van der Waals surface area contributed by atoms with Crippen molar-refractivity contribution in [3.8, 4) is 16.9 Å². The third kappa shape index (κ3) is 7.87. The first-order valence-electron chi connectivity index (χ1n) is 14.1. The summed E-state index contributed by atoms with van der Waals surface area (Å²) in [5.74, 6) is -0.0245. The Kier molecular flexibility index (Phi) is 10.0. The molecule has 0 aromatic heterocycles. The molecule has 2 amide bonds. The predicted octanol–water partition coefficient (Wildman–Crippen LogP) is 6.20. The highest BCUT2D eigenvalue weighted by molar-refractivity contribution is 5.96. The maximum Gasteiger partial charge on any atom is 0.407 e. The lowest BCUT2D eigenvalue weighted by Crippen LogP contribution is -2.35. The first-order valence-corrected chi connectivity index (χ1v) is 14.1. The molecule has 0 bridgehead atoms. The second kappa shape index (κ2) is 13.8. The highest BCUT2D eigenvalue weighted by Crippen LogP contribution is 2.36. The Hall–Kier alpha value is -4.33. The summed E-state index contributed by atoms with van der Waals surface area (Å²) in [4.78, 5) is 38.1. The first-order chi connectivity index (χ1) is 19.7. The molecule has 0 saturated carbocycles. The molecule has 8 nitrogen and oxygen atoms in total. The van der Waals surface area contributed by atoms with Gasteiger partial charge in [-0.05, 0) is 91.6 Å². The summed E-state index contributed by atoms with van der Waals surface area (Å²) in [7, 11) is 0. The van der Waals surface area contributed by atoms with E-state index in [9.17, 15) is 14.4 Å². The Bertz CT molecular complexity index is 1400. The molecule has 0 saturated heterocycles. The van der Waals surface area contributed by atoms with Crippen molar-refractivity contribution in [2.24, 2.45) is 0 Å². The smallest absolute Gasteiger partial charge is 0.407 e. The van der Waals surface area contributed by atoms with Gasteiger partial charge in [0, 0.05) is 24.7 Å². The van der Waals surface area contributed by atoms with Crippen LogP contribution in [0.5, 0.6) is 5.75 Å². The fourth-order valence-electron chi connectivity index (χ4n) is 5.11. The summed E-state index contributed by atoms with van der Waals surface area (Å²) in [5.41, 5.74) is 7.25. The first kappa shape index (κ1) is 29.6. The van der Waals surface area contributed by atoms with Crippen molar-refractivity contribution in [3.63, 3.8) is 0 Å². The van der Waals surface area contributed by atoms with E-state index in [4.69, 9.17) is 14.6 Å². The van der Waals surface area contributed by atoms with Crippen LogP contribution in [0.1, 0.15) is 54.9 Å². The summed E-state index contributed by atoms with van der Waals surface area (Å²) < 4.78 is 11.3. The molecule has 0 spiro atoms. The molecular formula is C33H38N2O6. The molecule has 0 unspecified atom stereocenters. The topological polar surface area (TPSA) is 105 Å². The lowest BCUT2D eigenvalue weighted by Gasteiger charge is -2.31. The van der Waals surface area contributed by atoms with E-state index in [-0.39, 0.29) is 18.9 Å². The lowest BCUT2D eigenvalue weighted by atomic mass is 9.91. The normalized spacial score (nSPS) is 13.2. The number of carboxylic acid groups (broad SMARTS) is 1. The predicted molar refractivity (Wildman–Crippen MR) is 158 cm³/mol. The number of fused-ring (bicyclic) bond motifs is 1. The van der Waals surface area contributed by atoms with Gasteiger partial charge in [-0.25, -0.2) is 4.79 Å². The van der Waals surface area contributed by atoms with Crippen molar-refractivity contribution < 1.29 is 29.0 Å². The fraction of sp³-hybridized carbons (Fsp3) is 0.364. The molecule has 0 fully saturated rings. The number of benzene rings is 3. The van der Waals surface area contributed by atoms with Gasteiger partial charge in [-0.1, -0.05) is 42.5 Å². The standard InChI is InChI=1S/C33H38N2O6/c1-22-9-4-15-30(24(22)3)40-18-8-16-31(36)35-17-7-13-28-27(12-6-14-29(28)35)26-11-5-10-25(20-26)21-41-33(39)34-23(2)19-32(37)38/h4-6,9-12,14-15,20,23H,7-8,13,16-19,21H2,1-3H3,(H,34,39)(H,37,38)/t23-/m1/s1. The Labute approximate surface area is 241 Å². The van der Waals surface area contributed by atoms with Crippen LogP contribution in [0, 0.1) is 13.8 Å². The van der Waals surface area contributed by atoms with Crippen LogP contribution in [-0.4, -0.2) is 42.3 Å². The molecule has 41 heavy (non-hydrogen) atoms. The molecule has 1 heterocycles. The minimum atomic E-state index is -0.987. The number of carbonyl (C=O) groups excluding carboxylic acids is 2. The maximum atomic E-state index is 13.3. The zero-order valence-electron chi connectivity index (χ0n) is 23.9. The van der Waals surface area contributed by atoms with E-state index in [1.165, 1.54) is 5.56 Å². The Balaban J connectivity index is 1.39. The number of aryl methyl sites for hydroxylation is 1. The van der Waals surface area contributed by atoms with Crippen LogP contribution in [0.4, 0.5) is 10.5 Å². The van der Waals surface area contributed by atoms with Crippen LogP contribution in [0.15, 0.2) is 60.7 Å². The third-order valence-corrected chi connectivity index (χ3v) is 7.35. The number of rotatable bonds is 11. The molecule has 1 aliphatic heterocycles. The van der Waals surface area contributed by atoms with E-state index in [1.807, 2.05) is 60.4 Å². The monoisotopic (exact) mass is 558 g/mol. The van der Waals surface area contributed by atoms with E-state index >= 15 is 0 Å². The minimum Gasteiger partial charge on any atom is -0.493 e.